The highest BCUT2D eigenvalue weighted by molar-refractivity contribution is 5.49. The van der Waals surface area contributed by atoms with Crippen LogP contribution in [0.25, 0.3) is 0 Å². The van der Waals surface area contributed by atoms with Crippen molar-refractivity contribution in [3.05, 3.63) is 23.9 Å². The Morgan fingerprint density at radius 3 is 3.10 bits per heavy atom. The summed E-state index contributed by atoms with van der Waals surface area (Å²) in [6, 6.07) is 4.46. The van der Waals surface area contributed by atoms with Crippen LogP contribution in [0.15, 0.2) is 18.3 Å². The second kappa shape index (κ2) is 5.93. The lowest BCUT2D eigenvalue weighted by atomic mass is 9.71. The third kappa shape index (κ3) is 2.79. The van der Waals surface area contributed by atoms with Gasteiger partial charge in [0.2, 0.25) is 0 Å². The van der Waals surface area contributed by atoms with E-state index >= 15 is 0 Å². The molecule has 1 aliphatic carbocycles. The quantitative estimate of drug-likeness (QED) is 0.897. The molecule has 2 aliphatic rings. The molecule has 1 saturated heterocycles. The summed E-state index contributed by atoms with van der Waals surface area (Å²) >= 11 is 0. The van der Waals surface area contributed by atoms with Gasteiger partial charge in [-0.25, -0.2) is 4.98 Å². The molecular formula is C17H27N3O. The maximum absolute atomic E-state index is 10.8. The monoisotopic (exact) mass is 289 g/mol. The lowest BCUT2D eigenvalue weighted by Gasteiger charge is -2.48. The van der Waals surface area contributed by atoms with Crippen molar-refractivity contribution >= 4 is 5.82 Å². The Labute approximate surface area is 127 Å². The van der Waals surface area contributed by atoms with Crippen LogP contribution in [0.4, 0.5) is 5.82 Å². The highest BCUT2D eigenvalue weighted by Gasteiger charge is 2.43. The number of nitrogens with zero attached hydrogens (tertiary/aromatic N) is 2. The van der Waals surface area contributed by atoms with Crippen LogP contribution in [0, 0.1) is 5.92 Å². The minimum Gasteiger partial charge on any atom is -0.389 e. The molecule has 2 N–H and O–H groups in total. The van der Waals surface area contributed by atoms with Gasteiger partial charge in [-0.15, -0.1) is 0 Å². The van der Waals surface area contributed by atoms with E-state index in [4.69, 9.17) is 0 Å². The highest BCUT2D eigenvalue weighted by atomic mass is 16.3. The molecule has 3 rings (SSSR count). The average molecular weight is 289 g/mol. The number of aliphatic hydroxyl groups is 1. The van der Waals surface area contributed by atoms with Crippen molar-refractivity contribution in [3.8, 4) is 0 Å². The highest BCUT2D eigenvalue weighted by Crippen LogP contribution is 2.41. The molecule has 2 heterocycles. The van der Waals surface area contributed by atoms with E-state index in [0.717, 1.165) is 38.2 Å². The first-order valence-electron chi connectivity index (χ1n) is 8.23. The predicted molar refractivity (Wildman–Crippen MR) is 85.4 cm³/mol. The number of rotatable bonds is 3. The lowest BCUT2D eigenvalue weighted by molar-refractivity contribution is -0.0613. The number of hydrogen-bond acceptors (Lipinski definition) is 4. The van der Waals surface area contributed by atoms with Gasteiger partial charge in [0.1, 0.15) is 5.82 Å². The van der Waals surface area contributed by atoms with Gasteiger partial charge in [-0.1, -0.05) is 18.9 Å². The van der Waals surface area contributed by atoms with Gasteiger partial charge < -0.3 is 15.3 Å². The first kappa shape index (κ1) is 14.8. The Hall–Kier alpha value is -1.13. The van der Waals surface area contributed by atoms with Gasteiger partial charge in [0.25, 0.3) is 0 Å². The molecule has 0 aromatic carbocycles. The van der Waals surface area contributed by atoms with Crippen molar-refractivity contribution in [2.24, 2.45) is 5.92 Å². The average Bonchev–Trinajstić information content (AvgIpc) is 2.53. The fourth-order valence-corrected chi connectivity index (χ4v) is 3.93. The lowest BCUT2D eigenvalue weighted by Crippen LogP contribution is -2.53. The summed E-state index contributed by atoms with van der Waals surface area (Å²) in [6.07, 6.45) is 7.32. The van der Waals surface area contributed by atoms with Crippen LogP contribution < -0.4 is 10.2 Å². The Morgan fingerprint density at radius 2 is 2.29 bits per heavy atom. The van der Waals surface area contributed by atoms with Gasteiger partial charge in [0.15, 0.2) is 0 Å². The smallest absolute Gasteiger partial charge is 0.133 e. The summed E-state index contributed by atoms with van der Waals surface area (Å²) in [6.45, 7) is 4.02. The molecule has 4 heteroatoms. The van der Waals surface area contributed by atoms with E-state index in [1.165, 1.54) is 18.4 Å². The molecule has 2 fully saturated rings. The number of pyridine rings is 1. The Kier molecular flexibility index (Phi) is 4.18. The van der Waals surface area contributed by atoms with E-state index in [-0.39, 0.29) is 0 Å². The van der Waals surface area contributed by atoms with Crippen molar-refractivity contribution < 1.29 is 5.11 Å². The molecule has 1 aromatic heterocycles. The summed E-state index contributed by atoms with van der Waals surface area (Å²) in [5, 5.41) is 14.1. The van der Waals surface area contributed by atoms with Crippen molar-refractivity contribution in [3.63, 3.8) is 0 Å². The van der Waals surface area contributed by atoms with E-state index in [1.807, 2.05) is 19.3 Å². The summed E-state index contributed by atoms with van der Waals surface area (Å²) < 4.78 is 0. The van der Waals surface area contributed by atoms with Crippen molar-refractivity contribution in [2.75, 3.05) is 25.0 Å². The number of fused-ring (bicyclic) bond motifs is 1. The third-order valence-electron chi connectivity index (χ3n) is 5.44. The van der Waals surface area contributed by atoms with Crippen molar-refractivity contribution in [2.45, 2.75) is 50.7 Å². The zero-order valence-electron chi connectivity index (χ0n) is 13.2. The van der Waals surface area contributed by atoms with Crippen LogP contribution in [0.5, 0.6) is 0 Å². The molecule has 0 bridgehead atoms. The van der Waals surface area contributed by atoms with Gasteiger partial charge in [-0.3, -0.25) is 0 Å². The molecule has 1 aromatic rings. The second-order valence-electron chi connectivity index (χ2n) is 6.67. The summed E-state index contributed by atoms with van der Waals surface area (Å²) in [7, 11) is 1.98. The molecule has 21 heavy (non-hydrogen) atoms. The van der Waals surface area contributed by atoms with Crippen LogP contribution in [-0.4, -0.2) is 35.8 Å². The van der Waals surface area contributed by atoms with Gasteiger partial charge in [0.05, 0.1) is 5.60 Å². The third-order valence-corrected chi connectivity index (χ3v) is 5.44. The van der Waals surface area contributed by atoms with E-state index in [2.05, 4.69) is 28.2 Å². The van der Waals surface area contributed by atoms with Crippen LogP contribution in [-0.2, 0) is 0 Å². The molecule has 116 valence electrons. The predicted octanol–water partition coefficient (Wildman–Crippen LogP) is 2.49. The largest absolute Gasteiger partial charge is 0.389 e. The SMILES string of the molecule is CNC(C)c1cccnc1N1CCC2(O)CCCCC2C1. The van der Waals surface area contributed by atoms with Crippen LogP contribution in [0.3, 0.4) is 0 Å². The Bertz CT molecular complexity index is 493. The standard InChI is InChI=1S/C17H27N3O/c1-13(18-2)15-7-5-10-19-16(15)20-11-9-17(21)8-4-3-6-14(17)12-20/h5,7,10,13-14,18,21H,3-4,6,8-9,11-12H2,1-2H3. The number of anilines is 1. The molecule has 4 nitrogen and oxygen atoms in total. The van der Waals surface area contributed by atoms with Gasteiger partial charge in [-0.2, -0.15) is 0 Å². The maximum atomic E-state index is 10.8. The first-order valence-corrected chi connectivity index (χ1v) is 8.23. The number of aromatic nitrogens is 1. The molecule has 1 saturated carbocycles. The number of hydrogen-bond donors (Lipinski definition) is 2. The summed E-state index contributed by atoms with van der Waals surface area (Å²) in [5.74, 6) is 1.49. The fourth-order valence-electron chi connectivity index (χ4n) is 3.93. The number of nitrogens with one attached hydrogen (secondary N) is 1. The molecule has 1 aliphatic heterocycles. The van der Waals surface area contributed by atoms with Crippen LogP contribution in [0.2, 0.25) is 0 Å². The molecule has 0 spiro atoms. The molecule has 3 atom stereocenters. The van der Waals surface area contributed by atoms with E-state index in [9.17, 15) is 5.11 Å². The molecule has 3 unspecified atom stereocenters. The normalized spacial score (nSPS) is 30.8. The molecule has 0 amide bonds. The van der Waals surface area contributed by atoms with Crippen molar-refractivity contribution in [1.82, 2.24) is 10.3 Å². The minimum atomic E-state index is -0.418. The first-order chi connectivity index (χ1) is 10.1. The van der Waals surface area contributed by atoms with E-state index < -0.39 is 5.60 Å². The molecular weight excluding hydrogens is 262 g/mol. The van der Waals surface area contributed by atoms with Crippen molar-refractivity contribution in [1.29, 1.82) is 0 Å². The Morgan fingerprint density at radius 1 is 1.43 bits per heavy atom. The minimum absolute atomic E-state index is 0.292. The summed E-state index contributed by atoms with van der Waals surface area (Å²) in [5.41, 5.74) is 0.833. The summed E-state index contributed by atoms with van der Waals surface area (Å²) in [4.78, 5) is 7.02. The zero-order chi connectivity index (χ0) is 14.9. The topological polar surface area (TPSA) is 48.4 Å². The second-order valence-corrected chi connectivity index (χ2v) is 6.67. The fraction of sp³-hybridized carbons (Fsp3) is 0.706. The van der Waals surface area contributed by atoms with Crippen LogP contribution in [0.1, 0.15) is 50.6 Å². The molecule has 0 radical (unpaired) electrons. The zero-order valence-corrected chi connectivity index (χ0v) is 13.2. The number of piperidine rings is 1. The van der Waals surface area contributed by atoms with E-state index in [1.54, 1.807) is 0 Å². The van der Waals surface area contributed by atoms with Gasteiger partial charge in [0, 0.05) is 36.8 Å². The van der Waals surface area contributed by atoms with Gasteiger partial charge in [-0.05, 0) is 39.3 Å². The maximum Gasteiger partial charge on any atom is 0.133 e. The van der Waals surface area contributed by atoms with Crippen LogP contribution >= 0.6 is 0 Å². The van der Waals surface area contributed by atoms with E-state index in [0.29, 0.717) is 12.0 Å². The Balaban J connectivity index is 1.82. The van der Waals surface area contributed by atoms with Gasteiger partial charge >= 0.3 is 0 Å².